The number of rotatable bonds is 5. The Kier molecular flexibility index (Phi) is 6.99. The van der Waals surface area contributed by atoms with Crippen molar-refractivity contribution in [3.8, 4) is 5.75 Å². The van der Waals surface area contributed by atoms with Crippen molar-refractivity contribution in [3.05, 3.63) is 53.6 Å². The highest BCUT2D eigenvalue weighted by atomic mass is 79.9. The number of alkyl halides is 3. The van der Waals surface area contributed by atoms with E-state index >= 15 is 0 Å². The van der Waals surface area contributed by atoms with Crippen LogP contribution in [0.3, 0.4) is 0 Å². The van der Waals surface area contributed by atoms with E-state index in [-0.39, 0.29) is 35.5 Å². The van der Waals surface area contributed by atoms with Crippen LogP contribution in [0.4, 0.5) is 0 Å². The number of hydrogen-bond acceptors (Lipinski definition) is 5. The zero-order chi connectivity index (χ0) is 28.6. The zero-order valence-corrected chi connectivity index (χ0v) is 25.1. The summed E-state index contributed by atoms with van der Waals surface area (Å²) in [5.74, 6) is -4.55. The maximum atomic E-state index is 14.1. The van der Waals surface area contributed by atoms with Crippen LogP contribution in [0.1, 0.15) is 62.0 Å². The van der Waals surface area contributed by atoms with E-state index in [0.717, 1.165) is 37.0 Å². The Morgan fingerprint density at radius 2 is 1.77 bits per heavy atom. The molecule has 4 amide bonds. The van der Waals surface area contributed by atoms with Crippen LogP contribution < -0.4 is 0 Å². The van der Waals surface area contributed by atoms with Gasteiger partial charge in [-0.1, -0.05) is 71.1 Å². The average molecular weight is 650 g/mol. The molecule has 2 saturated heterocycles. The lowest BCUT2D eigenvalue weighted by molar-refractivity contribution is -0.144. The number of likely N-dealkylation sites (tertiary alicyclic amines) is 2. The van der Waals surface area contributed by atoms with Gasteiger partial charge in [-0.2, -0.15) is 0 Å². The van der Waals surface area contributed by atoms with Crippen molar-refractivity contribution < 1.29 is 24.3 Å². The maximum absolute atomic E-state index is 14.1. The van der Waals surface area contributed by atoms with Gasteiger partial charge in [0, 0.05) is 17.5 Å². The number of fused-ring (bicyclic) bond motifs is 4. The molecule has 1 aromatic rings. The fraction of sp³-hybridized carbons (Fsp3) is 0.533. The van der Waals surface area contributed by atoms with Crippen molar-refractivity contribution in [3.63, 3.8) is 0 Å². The normalized spacial score (nSPS) is 35.9. The highest BCUT2D eigenvalue weighted by Gasteiger charge is 2.76. The number of phenolic OH excluding ortho intramolecular Hbond substituents is 1. The minimum Gasteiger partial charge on any atom is -0.507 e. The average Bonchev–Trinajstić information content (AvgIpc) is 3.28. The van der Waals surface area contributed by atoms with Gasteiger partial charge in [-0.25, -0.2) is 0 Å². The lowest BCUT2D eigenvalue weighted by Crippen LogP contribution is -2.60. The molecule has 2 saturated carbocycles. The molecule has 0 bridgehead atoms. The van der Waals surface area contributed by atoms with E-state index in [0.29, 0.717) is 29.5 Å². The number of para-hydroxylation sites is 1. The van der Waals surface area contributed by atoms with Crippen LogP contribution in [0.15, 0.2) is 42.5 Å². The minimum absolute atomic E-state index is 0.0506. The number of phenols is 1. The van der Waals surface area contributed by atoms with Crippen molar-refractivity contribution in [2.45, 2.75) is 73.1 Å². The fourth-order valence-electron chi connectivity index (χ4n) is 7.99. The van der Waals surface area contributed by atoms with E-state index in [1.807, 2.05) is 6.08 Å². The van der Waals surface area contributed by atoms with Gasteiger partial charge in [0.05, 0.1) is 17.3 Å². The summed E-state index contributed by atoms with van der Waals surface area (Å²) < 4.78 is 0. The lowest BCUT2D eigenvalue weighted by Gasteiger charge is -2.51. The van der Waals surface area contributed by atoms with Gasteiger partial charge in [-0.3, -0.25) is 29.0 Å². The highest BCUT2D eigenvalue weighted by molar-refractivity contribution is 9.09. The van der Waals surface area contributed by atoms with Crippen LogP contribution in [0.25, 0.3) is 0 Å². The molecule has 4 fully saturated rings. The molecule has 6 unspecified atom stereocenters. The first-order chi connectivity index (χ1) is 19.1. The summed E-state index contributed by atoms with van der Waals surface area (Å²) in [6, 6.07) is 5.10. The molecule has 1 aromatic carbocycles. The number of carbonyl (C=O) groups excluding carboxylic acids is 4. The molecule has 10 heteroatoms. The van der Waals surface area contributed by atoms with Crippen LogP contribution in [0, 0.1) is 17.8 Å². The predicted octanol–water partition coefficient (Wildman–Crippen LogP) is 5.16. The number of hydrogen-bond donors (Lipinski definition) is 1. The first-order valence-electron chi connectivity index (χ1n) is 13.9. The second kappa shape index (κ2) is 9.99. The predicted molar refractivity (Wildman–Crippen MR) is 154 cm³/mol. The molecule has 212 valence electrons. The van der Waals surface area contributed by atoms with E-state index in [2.05, 4.69) is 22.5 Å². The van der Waals surface area contributed by atoms with Gasteiger partial charge in [-0.15, -0.1) is 29.8 Å². The topological polar surface area (TPSA) is 95.0 Å². The standard InChI is InChI=1S/C30H31BrCl2N2O5/c1-2-7-16-8-6-11-20(24(16)36)23-18-12-13-19-22(26(38)35(25(19)37)17-9-4-3-5-10-17)21(18)14-29(32)27(39)34(15-31)28(40)30(23,29)33/h2,6,8,11-12,17,19,21-23,36H,1,3-5,7,9-10,13-15H2. The van der Waals surface area contributed by atoms with Crippen LogP contribution in [-0.4, -0.2) is 59.8 Å². The van der Waals surface area contributed by atoms with E-state index in [4.69, 9.17) is 23.2 Å². The number of halogens is 3. The Morgan fingerprint density at radius 3 is 2.45 bits per heavy atom. The Morgan fingerprint density at radius 1 is 1.05 bits per heavy atom. The van der Waals surface area contributed by atoms with Crippen LogP contribution in [0.2, 0.25) is 0 Å². The molecule has 6 atom stereocenters. The number of allylic oxidation sites excluding steroid dienone is 3. The quantitative estimate of drug-likeness (QED) is 0.206. The molecular weight excluding hydrogens is 619 g/mol. The highest BCUT2D eigenvalue weighted by Crippen LogP contribution is 2.66. The number of nitrogens with zero attached hydrogens (tertiary/aromatic N) is 2. The number of amides is 4. The van der Waals surface area contributed by atoms with E-state index in [1.54, 1.807) is 24.3 Å². The van der Waals surface area contributed by atoms with Crippen molar-refractivity contribution in [2.75, 3.05) is 5.45 Å². The molecule has 6 rings (SSSR count). The van der Waals surface area contributed by atoms with E-state index in [1.165, 1.54) is 4.90 Å². The number of aromatic hydroxyl groups is 1. The van der Waals surface area contributed by atoms with Crippen LogP contribution in [-0.2, 0) is 25.6 Å². The molecule has 0 radical (unpaired) electrons. The summed E-state index contributed by atoms with van der Waals surface area (Å²) in [6.07, 6.45) is 8.85. The molecule has 7 nitrogen and oxygen atoms in total. The first kappa shape index (κ1) is 28.0. The zero-order valence-electron chi connectivity index (χ0n) is 22.0. The van der Waals surface area contributed by atoms with Crippen molar-refractivity contribution in [1.82, 2.24) is 9.80 Å². The minimum atomic E-state index is -1.94. The van der Waals surface area contributed by atoms with Gasteiger partial charge in [0.25, 0.3) is 11.8 Å². The molecular formula is C30H31BrCl2N2O5. The smallest absolute Gasteiger partial charge is 0.254 e. The summed E-state index contributed by atoms with van der Waals surface area (Å²) >= 11 is 17.8. The monoisotopic (exact) mass is 648 g/mol. The van der Waals surface area contributed by atoms with Gasteiger partial charge in [-0.05, 0) is 43.6 Å². The lowest BCUT2D eigenvalue weighted by atomic mass is 9.56. The molecule has 5 aliphatic rings. The molecule has 0 spiro atoms. The van der Waals surface area contributed by atoms with Gasteiger partial charge in [0.1, 0.15) is 5.75 Å². The summed E-state index contributed by atoms with van der Waals surface area (Å²) in [4.78, 5) is 54.1. The largest absolute Gasteiger partial charge is 0.507 e. The van der Waals surface area contributed by atoms with Crippen molar-refractivity contribution >= 4 is 62.8 Å². The van der Waals surface area contributed by atoms with Crippen LogP contribution in [0.5, 0.6) is 5.75 Å². The summed E-state index contributed by atoms with van der Waals surface area (Å²) in [7, 11) is 0. The second-order valence-electron chi connectivity index (χ2n) is 11.7. The maximum Gasteiger partial charge on any atom is 0.254 e. The van der Waals surface area contributed by atoms with Crippen LogP contribution >= 0.6 is 39.1 Å². The third kappa shape index (κ3) is 3.61. The number of carbonyl (C=O) groups is 4. The third-order valence-electron chi connectivity index (χ3n) is 9.81. The molecule has 40 heavy (non-hydrogen) atoms. The third-order valence-corrected chi connectivity index (χ3v) is 11.7. The Hall–Kier alpha value is -2.16. The fourth-order valence-corrected chi connectivity index (χ4v) is 9.40. The summed E-state index contributed by atoms with van der Waals surface area (Å²) in [6.45, 7) is 3.77. The van der Waals surface area contributed by atoms with Gasteiger partial charge < -0.3 is 5.11 Å². The molecule has 2 heterocycles. The van der Waals surface area contributed by atoms with E-state index < -0.39 is 45.2 Å². The first-order valence-corrected chi connectivity index (χ1v) is 15.8. The second-order valence-corrected chi connectivity index (χ2v) is 13.4. The summed E-state index contributed by atoms with van der Waals surface area (Å²) in [5.41, 5.74) is 1.55. The van der Waals surface area contributed by atoms with Gasteiger partial charge in [0.15, 0.2) is 9.75 Å². The number of imide groups is 2. The number of benzene rings is 1. The molecule has 2 aliphatic heterocycles. The Bertz CT molecular complexity index is 1360. The Labute approximate surface area is 251 Å². The Balaban J connectivity index is 1.52. The van der Waals surface area contributed by atoms with Crippen molar-refractivity contribution in [1.29, 1.82) is 0 Å². The molecule has 0 aromatic heterocycles. The summed E-state index contributed by atoms with van der Waals surface area (Å²) in [5, 5.41) is 11.4. The molecule has 1 N–H and O–H groups in total. The molecule has 3 aliphatic carbocycles. The van der Waals surface area contributed by atoms with E-state index in [9.17, 15) is 24.3 Å². The SMILES string of the molecule is C=CCc1cccc(C2C3=CCC4C(=O)N(C5CCCCC5)C(=O)C4C3CC3(Cl)C(=O)N(CBr)C(=O)C23Cl)c1O. The van der Waals surface area contributed by atoms with Gasteiger partial charge in [0.2, 0.25) is 11.8 Å². The van der Waals surface area contributed by atoms with Crippen molar-refractivity contribution in [2.24, 2.45) is 17.8 Å². The van der Waals surface area contributed by atoms with Gasteiger partial charge >= 0.3 is 0 Å².